The maximum atomic E-state index is 9.59. The number of aromatic hydroxyl groups is 1. The summed E-state index contributed by atoms with van der Waals surface area (Å²) >= 11 is 0. The fourth-order valence-corrected chi connectivity index (χ4v) is 2.26. The average molecular weight is 250 g/mol. The zero-order valence-corrected chi connectivity index (χ0v) is 11.1. The molecule has 2 N–H and O–H groups in total. The molecule has 1 heterocycles. The number of phenols is 1. The Morgan fingerprint density at radius 2 is 2.22 bits per heavy atom. The molecule has 1 aromatic rings. The largest absolute Gasteiger partial charge is 0.504 e. The summed E-state index contributed by atoms with van der Waals surface area (Å²) in [5.41, 5.74) is 1.19. The molecule has 4 nitrogen and oxygen atoms in total. The molecule has 0 saturated carbocycles. The van der Waals surface area contributed by atoms with Crippen molar-refractivity contribution in [2.45, 2.75) is 25.9 Å². The molecule has 0 radical (unpaired) electrons. The molecule has 0 amide bonds. The van der Waals surface area contributed by atoms with E-state index >= 15 is 0 Å². The quantitative estimate of drug-likeness (QED) is 0.804. The van der Waals surface area contributed by atoms with Crippen LogP contribution in [0.3, 0.4) is 0 Å². The molecule has 100 valence electrons. The van der Waals surface area contributed by atoms with Crippen molar-refractivity contribution >= 4 is 0 Å². The molecule has 1 fully saturated rings. The Bertz CT molecular complexity index is 391. The van der Waals surface area contributed by atoms with Crippen LogP contribution in [0.15, 0.2) is 18.2 Å². The minimum absolute atomic E-state index is 0.202. The lowest BCUT2D eigenvalue weighted by Gasteiger charge is -2.38. The van der Waals surface area contributed by atoms with Crippen molar-refractivity contribution in [3.05, 3.63) is 23.8 Å². The first-order valence-electron chi connectivity index (χ1n) is 6.55. The van der Waals surface area contributed by atoms with Gasteiger partial charge >= 0.3 is 0 Å². The lowest BCUT2D eigenvalue weighted by molar-refractivity contribution is 0.137. The predicted octanol–water partition coefficient (Wildman–Crippen LogP) is 1.58. The van der Waals surface area contributed by atoms with Crippen LogP contribution in [0.4, 0.5) is 0 Å². The molecular formula is C14H22N2O2. The highest BCUT2D eigenvalue weighted by Crippen LogP contribution is 2.27. The van der Waals surface area contributed by atoms with Gasteiger partial charge in [0, 0.05) is 25.7 Å². The molecule has 0 unspecified atom stereocenters. The van der Waals surface area contributed by atoms with Gasteiger partial charge in [-0.1, -0.05) is 13.0 Å². The molecule has 0 spiro atoms. The summed E-state index contributed by atoms with van der Waals surface area (Å²) in [6.45, 7) is 6.38. The molecule has 0 aliphatic carbocycles. The van der Waals surface area contributed by atoms with Crippen LogP contribution in [-0.4, -0.2) is 42.8 Å². The normalized spacial score (nSPS) is 15.7. The number of benzene rings is 1. The van der Waals surface area contributed by atoms with Gasteiger partial charge in [0.1, 0.15) is 0 Å². The average Bonchev–Trinajstić information content (AvgIpc) is 2.29. The molecule has 1 saturated heterocycles. The van der Waals surface area contributed by atoms with E-state index in [2.05, 4.69) is 17.1 Å². The first kappa shape index (κ1) is 13.2. The monoisotopic (exact) mass is 250 g/mol. The van der Waals surface area contributed by atoms with Gasteiger partial charge in [-0.2, -0.15) is 0 Å². The molecule has 4 heteroatoms. The molecule has 1 aromatic carbocycles. The zero-order chi connectivity index (χ0) is 13.0. The highest BCUT2D eigenvalue weighted by atomic mass is 16.5. The standard InChI is InChI=1S/C14H22N2O2/c1-3-6-16(12-8-15-9-12)10-11-4-5-13(17)14(7-11)18-2/h4-5,7,12,15,17H,3,6,8-10H2,1-2H3. The highest BCUT2D eigenvalue weighted by molar-refractivity contribution is 5.41. The number of methoxy groups -OCH3 is 1. The van der Waals surface area contributed by atoms with E-state index < -0.39 is 0 Å². The number of hydrogen-bond acceptors (Lipinski definition) is 4. The lowest BCUT2D eigenvalue weighted by atomic mass is 10.1. The van der Waals surface area contributed by atoms with Gasteiger partial charge in [0.15, 0.2) is 11.5 Å². The first-order chi connectivity index (χ1) is 8.74. The lowest BCUT2D eigenvalue weighted by Crippen LogP contribution is -2.56. The van der Waals surface area contributed by atoms with E-state index in [4.69, 9.17) is 4.74 Å². The van der Waals surface area contributed by atoms with Crippen LogP contribution < -0.4 is 10.1 Å². The number of phenolic OH excluding ortho intramolecular Hbond substituents is 1. The van der Waals surface area contributed by atoms with Crippen molar-refractivity contribution in [2.24, 2.45) is 0 Å². The summed E-state index contributed by atoms with van der Waals surface area (Å²) in [5, 5.41) is 12.9. The number of rotatable bonds is 6. The second-order valence-corrected chi connectivity index (χ2v) is 4.79. The maximum Gasteiger partial charge on any atom is 0.160 e. The van der Waals surface area contributed by atoms with Gasteiger partial charge < -0.3 is 15.2 Å². The summed E-state index contributed by atoms with van der Waals surface area (Å²) in [6, 6.07) is 6.23. The predicted molar refractivity (Wildman–Crippen MR) is 72.0 cm³/mol. The third-order valence-corrected chi connectivity index (χ3v) is 3.42. The topological polar surface area (TPSA) is 44.7 Å². The SMILES string of the molecule is CCCN(Cc1ccc(O)c(OC)c1)C1CNC1. The summed E-state index contributed by atoms with van der Waals surface area (Å²) in [7, 11) is 1.58. The van der Waals surface area contributed by atoms with E-state index in [0.29, 0.717) is 11.8 Å². The molecule has 2 rings (SSSR count). The van der Waals surface area contributed by atoms with Gasteiger partial charge in [-0.05, 0) is 30.7 Å². The van der Waals surface area contributed by atoms with Gasteiger partial charge in [-0.15, -0.1) is 0 Å². The Labute approximate surface area is 109 Å². The molecule has 1 aliphatic heterocycles. The Kier molecular flexibility index (Phi) is 4.44. The van der Waals surface area contributed by atoms with Gasteiger partial charge in [-0.3, -0.25) is 4.90 Å². The minimum atomic E-state index is 0.202. The summed E-state index contributed by atoms with van der Waals surface area (Å²) in [6.07, 6.45) is 1.16. The Morgan fingerprint density at radius 3 is 2.78 bits per heavy atom. The maximum absolute atomic E-state index is 9.59. The van der Waals surface area contributed by atoms with E-state index in [1.54, 1.807) is 13.2 Å². The van der Waals surface area contributed by atoms with E-state index in [9.17, 15) is 5.11 Å². The van der Waals surface area contributed by atoms with Gasteiger partial charge in [0.25, 0.3) is 0 Å². The van der Waals surface area contributed by atoms with Crippen LogP contribution in [0.5, 0.6) is 11.5 Å². The second kappa shape index (κ2) is 6.07. The van der Waals surface area contributed by atoms with Gasteiger partial charge in [0.2, 0.25) is 0 Å². The Hall–Kier alpha value is -1.26. The van der Waals surface area contributed by atoms with Crippen LogP contribution in [0.25, 0.3) is 0 Å². The minimum Gasteiger partial charge on any atom is -0.504 e. The van der Waals surface area contributed by atoms with Crippen LogP contribution >= 0.6 is 0 Å². The van der Waals surface area contributed by atoms with Crippen molar-refractivity contribution < 1.29 is 9.84 Å². The molecular weight excluding hydrogens is 228 g/mol. The number of nitrogens with zero attached hydrogens (tertiary/aromatic N) is 1. The molecule has 0 aromatic heterocycles. The Balaban J connectivity index is 2.05. The fraction of sp³-hybridized carbons (Fsp3) is 0.571. The third-order valence-electron chi connectivity index (χ3n) is 3.42. The Morgan fingerprint density at radius 1 is 1.44 bits per heavy atom. The third kappa shape index (κ3) is 2.94. The van der Waals surface area contributed by atoms with Crippen molar-refractivity contribution in [2.75, 3.05) is 26.7 Å². The van der Waals surface area contributed by atoms with Crippen molar-refractivity contribution in [1.82, 2.24) is 10.2 Å². The summed E-state index contributed by atoms with van der Waals surface area (Å²) < 4.78 is 5.15. The summed E-state index contributed by atoms with van der Waals surface area (Å²) in [5.74, 6) is 0.754. The second-order valence-electron chi connectivity index (χ2n) is 4.79. The first-order valence-corrected chi connectivity index (χ1v) is 6.55. The van der Waals surface area contributed by atoms with Crippen LogP contribution in [0.2, 0.25) is 0 Å². The fourth-order valence-electron chi connectivity index (χ4n) is 2.26. The van der Waals surface area contributed by atoms with E-state index in [1.807, 2.05) is 12.1 Å². The number of hydrogen-bond donors (Lipinski definition) is 2. The van der Waals surface area contributed by atoms with Crippen LogP contribution in [-0.2, 0) is 6.54 Å². The molecule has 0 bridgehead atoms. The van der Waals surface area contributed by atoms with Crippen molar-refractivity contribution in [3.8, 4) is 11.5 Å². The molecule has 1 aliphatic rings. The molecule has 18 heavy (non-hydrogen) atoms. The zero-order valence-electron chi connectivity index (χ0n) is 11.1. The van der Waals surface area contributed by atoms with Crippen LogP contribution in [0.1, 0.15) is 18.9 Å². The van der Waals surface area contributed by atoms with Gasteiger partial charge in [0.05, 0.1) is 7.11 Å². The van der Waals surface area contributed by atoms with E-state index in [1.165, 1.54) is 5.56 Å². The smallest absolute Gasteiger partial charge is 0.160 e. The van der Waals surface area contributed by atoms with Gasteiger partial charge in [-0.25, -0.2) is 0 Å². The highest BCUT2D eigenvalue weighted by Gasteiger charge is 2.23. The van der Waals surface area contributed by atoms with E-state index in [-0.39, 0.29) is 5.75 Å². The number of nitrogens with one attached hydrogen (secondary N) is 1. The number of ether oxygens (including phenoxy) is 1. The van der Waals surface area contributed by atoms with E-state index in [0.717, 1.165) is 32.6 Å². The summed E-state index contributed by atoms with van der Waals surface area (Å²) in [4.78, 5) is 2.49. The van der Waals surface area contributed by atoms with Crippen molar-refractivity contribution in [3.63, 3.8) is 0 Å². The van der Waals surface area contributed by atoms with Crippen molar-refractivity contribution in [1.29, 1.82) is 0 Å². The van der Waals surface area contributed by atoms with Crippen LogP contribution in [0, 0.1) is 0 Å². The molecule has 0 atom stereocenters.